The largest absolute Gasteiger partial charge is 0.356 e. The van der Waals surface area contributed by atoms with Gasteiger partial charge in [0.25, 0.3) is 5.56 Å². The molecule has 0 fully saturated rings. The normalized spacial score (nSPS) is 11.1. The van der Waals surface area contributed by atoms with Gasteiger partial charge in [0, 0.05) is 41.7 Å². The fraction of sp³-hybridized carbons (Fsp3) is 0.444. The molecule has 0 aromatic carbocycles. The number of nitrogens with zero attached hydrogens (tertiary/aromatic N) is 2. The van der Waals surface area contributed by atoms with Crippen LogP contribution in [0.25, 0.3) is 0 Å². The van der Waals surface area contributed by atoms with Crippen LogP contribution in [0.2, 0.25) is 0 Å². The van der Waals surface area contributed by atoms with Crippen molar-refractivity contribution in [3.63, 3.8) is 0 Å². The first-order valence-corrected chi connectivity index (χ1v) is 9.08. The highest BCUT2D eigenvalue weighted by Crippen LogP contribution is 2.14. The molecule has 0 amide bonds. The Balaban J connectivity index is 0.00000312. The average molecular weight is 474 g/mol. The van der Waals surface area contributed by atoms with Crippen molar-refractivity contribution in [2.75, 3.05) is 13.6 Å². The molecular weight excluding hydrogens is 447 g/mol. The van der Waals surface area contributed by atoms with Crippen LogP contribution in [0.1, 0.15) is 28.3 Å². The summed E-state index contributed by atoms with van der Waals surface area (Å²) in [6.07, 6.45) is 1.94. The third kappa shape index (κ3) is 7.19. The number of halogens is 1. The lowest BCUT2D eigenvalue weighted by Gasteiger charge is -2.12. The zero-order valence-electron chi connectivity index (χ0n) is 15.0. The molecule has 0 bridgehead atoms. The van der Waals surface area contributed by atoms with Gasteiger partial charge < -0.3 is 15.2 Å². The van der Waals surface area contributed by atoms with Gasteiger partial charge in [-0.1, -0.05) is 6.07 Å². The van der Waals surface area contributed by atoms with Gasteiger partial charge in [0.1, 0.15) is 0 Å². The van der Waals surface area contributed by atoms with Crippen molar-refractivity contribution >= 4 is 41.3 Å². The zero-order chi connectivity index (χ0) is 17.4. The molecule has 0 unspecified atom stereocenters. The van der Waals surface area contributed by atoms with E-state index in [1.807, 2.05) is 17.6 Å². The van der Waals surface area contributed by atoms with Crippen LogP contribution >= 0.6 is 35.3 Å². The van der Waals surface area contributed by atoms with E-state index in [-0.39, 0.29) is 29.5 Å². The molecule has 0 saturated carbocycles. The Morgan fingerprint density at radius 2 is 1.96 bits per heavy atom. The maximum atomic E-state index is 11.8. The highest BCUT2D eigenvalue weighted by atomic mass is 127. The average Bonchev–Trinajstić information content (AvgIpc) is 2.98. The minimum absolute atomic E-state index is 0. The van der Waals surface area contributed by atoms with Crippen molar-refractivity contribution in [2.45, 2.75) is 39.8 Å². The lowest BCUT2D eigenvalue weighted by molar-refractivity contribution is 0.575. The molecule has 0 atom stereocenters. The van der Waals surface area contributed by atoms with Crippen LogP contribution in [0.4, 0.5) is 0 Å². The molecule has 0 saturated heterocycles. The Bertz CT molecular complexity index is 739. The van der Waals surface area contributed by atoms with Crippen LogP contribution in [0.15, 0.2) is 40.1 Å². The van der Waals surface area contributed by atoms with E-state index in [1.165, 1.54) is 9.75 Å². The standard InChI is InChI=1S/C18H26N4OS.HI/c1-14-7-6-8-17(23)22(14)12-5-4-11-20-18(19-3)21-13-16-10-9-15(2)24-16;/h6-10H,4-5,11-13H2,1-3H3,(H2,19,20,21);1H. The molecule has 0 aliphatic carbocycles. The third-order valence-corrected chi connectivity index (χ3v) is 4.82. The van der Waals surface area contributed by atoms with E-state index in [2.05, 4.69) is 34.7 Å². The maximum Gasteiger partial charge on any atom is 0.250 e. The van der Waals surface area contributed by atoms with E-state index < -0.39 is 0 Å². The van der Waals surface area contributed by atoms with Gasteiger partial charge in [0.05, 0.1) is 6.54 Å². The number of hydrogen-bond acceptors (Lipinski definition) is 3. The highest BCUT2D eigenvalue weighted by Gasteiger charge is 2.01. The molecule has 0 aliphatic rings. The van der Waals surface area contributed by atoms with Gasteiger partial charge in [-0.25, -0.2) is 0 Å². The number of guanidine groups is 1. The zero-order valence-corrected chi connectivity index (χ0v) is 18.2. The number of hydrogen-bond donors (Lipinski definition) is 2. The van der Waals surface area contributed by atoms with E-state index in [1.54, 1.807) is 30.5 Å². The Morgan fingerprint density at radius 3 is 2.60 bits per heavy atom. The fourth-order valence-corrected chi connectivity index (χ4v) is 3.31. The fourth-order valence-electron chi connectivity index (χ4n) is 2.48. The van der Waals surface area contributed by atoms with Crippen molar-refractivity contribution in [1.29, 1.82) is 0 Å². The molecule has 2 rings (SSSR count). The summed E-state index contributed by atoms with van der Waals surface area (Å²) >= 11 is 1.79. The van der Waals surface area contributed by atoms with E-state index in [9.17, 15) is 4.79 Å². The summed E-state index contributed by atoms with van der Waals surface area (Å²) in [7, 11) is 1.78. The summed E-state index contributed by atoms with van der Waals surface area (Å²) in [5.41, 5.74) is 1.09. The second-order valence-electron chi connectivity index (χ2n) is 5.73. The topological polar surface area (TPSA) is 58.4 Å². The van der Waals surface area contributed by atoms with Crippen LogP contribution in [0, 0.1) is 13.8 Å². The molecule has 2 heterocycles. The smallest absolute Gasteiger partial charge is 0.250 e. The maximum absolute atomic E-state index is 11.8. The molecule has 138 valence electrons. The SMILES string of the molecule is CN=C(NCCCCn1c(C)cccc1=O)NCc1ccc(C)s1.I. The number of nitrogens with one attached hydrogen (secondary N) is 2. The summed E-state index contributed by atoms with van der Waals surface area (Å²) in [6.45, 7) is 6.47. The number of unbranched alkanes of at least 4 members (excludes halogenated alkanes) is 1. The molecule has 25 heavy (non-hydrogen) atoms. The van der Waals surface area contributed by atoms with Crippen molar-refractivity contribution in [3.05, 3.63) is 56.1 Å². The van der Waals surface area contributed by atoms with Gasteiger partial charge >= 0.3 is 0 Å². The monoisotopic (exact) mass is 474 g/mol. The number of aromatic nitrogens is 1. The van der Waals surface area contributed by atoms with E-state index in [4.69, 9.17) is 0 Å². The van der Waals surface area contributed by atoms with E-state index in [0.29, 0.717) is 0 Å². The summed E-state index contributed by atoms with van der Waals surface area (Å²) < 4.78 is 1.83. The number of aliphatic imine (C=N–C) groups is 1. The molecular formula is C18H27IN4OS. The number of pyridine rings is 1. The summed E-state index contributed by atoms with van der Waals surface area (Å²) in [5.74, 6) is 0.814. The third-order valence-electron chi connectivity index (χ3n) is 3.82. The quantitative estimate of drug-likeness (QED) is 0.280. The van der Waals surface area contributed by atoms with Gasteiger partial charge in [0.2, 0.25) is 0 Å². The van der Waals surface area contributed by atoms with Crippen molar-refractivity contribution in [1.82, 2.24) is 15.2 Å². The first-order chi connectivity index (χ1) is 11.6. The van der Waals surface area contributed by atoms with Crippen molar-refractivity contribution in [2.24, 2.45) is 4.99 Å². The minimum Gasteiger partial charge on any atom is -0.356 e. The van der Waals surface area contributed by atoms with Gasteiger partial charge in [0.15, 0.2) is 5.96 Å². The second kappa shape index (κ2) is 11.3. The van der Waals surface area contributed by atoms with Gasteiger partial charge in [-0.15, -0.1) is 35.3 Å². The highest BCUT2D eigenvalue weighted by molar-refractivity contribution is 14.0. The second-order valence-corrected chi connectivity index (χ2v) is 7.10. The Kier molecular flexibility index (Phi) is 9.81. The number of thiophene rings is 1. The molecule has 2 aromatic heterocycles. The Morgan fingerprint density at radius 1 is 1.16 bits per heavy atom. The van der Waals surface area contributed by atoms with Gasteiger partial charge in [-0.3, -0.25) is 9.79 Å². The number of rotatable bonds is 7. The molecule has 0 aliphatic heterocycles. The van der Waals surface area contributed by atoms with Crippen molar-refractivity contribution < 1.29 is 0 Å². The first kappa shape index (κ1) is 21.7. The van der Waals surface area contributed by atoms with Crippen LogP contribution in [-0.4, -0.2) is 24.1 Å². The molecule has 0 radical (unpaired) electrons. The molecule has 2 N–H and O–H groups in total. The summed E-state index contributed by atoms with van der Waals surface area (Å²) in [6, 6.07) is 9.66. The Labute approximate surface area is 170 Å². The van der Waals surface area contributed by atoms with E-state index in [0.717, 1.165) is 44.1 Å². The van der Waals surface area contributed by atoms with E-state index >= 15 is 0 Å². The van der Waals surface area contributed by atoms with Gasteiger partial charge in [-0.2, -0.15) is 0 Å². The summed E-state index contributed by atoms with van der Waals surface area (Å²) in [5, 5.41) is 6.64. The predicted octanol–water partition coefficient (Wildman–Crippen LogP) is 3.29. The first-order valence-electron chi connectivity index (χ1n) is 8.26. The predicted molar refractivity (Wildman–Crippen MR) is 117 cm³/mol. The molecule has 0 spiro atoms. The van der Waals surface area contributed by atoms with Crippen LogP contribution in [0.3, 0.4) is 0 Å². The lowest BCUT2D eigenvalue weighted by Crippen LogP contribution is -2.37. The lowest BCUT2D eigenvalue weighted by atomic mass is 10.3. The minimum atomic E-state index is 0. The molecule has 2 aromatic rings. The summed E-state index contributed by atoms with van der Waals surface area (Å²) in [4.78, 5) is 18.7. The molecule has 5 nitrogen and oxygen atoms in total. The Hall–Kier alpha value is -1.35. The number of aryl methyl sites for hydroxylation is 2. The molecule has 7 heteroatoms. The van der Waals surface area contributed by atoms with Crippen LogP contribution in [-0.2, 0) is 13.1 Å². The van der Waals surface area contributed by atoms with Crippen LogP contribution < -0.4 is 16.2 Å². The van der Waals surface area contributed by atoms with Gasteiger partial charge in [-0.05, 0) is 44.9 Å². The van der Waals surface area contributed by atoms with Crippen molar-refractivity contribution in [3.8, 4) is 0 Å². The van der Waals surface area contributed by atoms with Crippen LogP contribution in [0.5, 0.6) is 0 Å².